The number of carbonyl (C=O) groups excluding carboxylic acids is 1. The Labute approximate surface area is 83.3 Å². The summed E-state index contributed by atoms with van der Waals surface area (Å²) < 4.78 is 5.25. The number of benzene rings is 1. The quantitative estimate of drug-likeness (QED) is 0.713. The molecule has 3 heteroatoms. The van der Waals surface area contributed by atoms with Crippen LogP contribution in [0.5, 0.6) is 0 Å². The van der Waals surface area contributed by atoms with Crippen molar-refractivity contribution in [1.82, 2.24) is 0 Å². The van der Waals surface area contributed by atoms with Gasteiger partial charge in [-0.05, 0) is 12.1 Å². The molecule has 1 aliphatic heterocycles. The molecule has 0 spiro atoms. The molecule has 1 fully saturated rings. The fraction of sp³-hybridized carbons (Fsp3) is 0.364. The minimum absolute atomic E-state index is 0.0927. The molecule has 0 aliphatic carbocycles. The van der Waals surface area contributed by atoms with Gasteiger partial charge in [-0.1, -0.05) is 18.2 Å². The average molecular weight is 191 g/mol. The topological polar surface area (TPSA) is 29.5 Å². The van der Waals surface area contributed by atoms with Crippen molar-refractivity contribution in [1.29, 1.82) is 0 Å². The molecule has 0 radical (unpaired) electrons. The number of carbonyl (C=O) groups is 1. The minimum Gasteiger partial charge on any atom is -0.361 e. The lowest BCUT2D eigenvalue weighted by molar-refractivity contribution is -0.117. The predicted octanol–water partition coefficient (Wildman–Crippen LogP) is 1.79. The molecule has 74 valence electrons. The summed E-state index contributed by atoms with van der Waals surface area (Å²) in [4.78, 5) is 13.3. The van der Waals surface area contributed by atoms with Gasteiger partial charge in [-0.15, -0.1) is 0 Å². The molecule has 3 nitrogen and oxygen atoms in total. The largest absolute Gasteiger partial charge is 0.361 e. The van der Waals surface area contributed by atoms with Crippen LogP contribution in [-0.4, -0.2) is 19.2 Å². The number of ether oxygens (including phenoxy) is 1. The van der Waals surface area contributed by atoms with E-state index in [1.54, 1.807) is 12.0 Å². The van der Waals surface area contributed by atoms with Gasteiger partial charge < -0.3 is 4.74 Å². The number of anilines is 1. The summed E-state index contributed by atoms with van der Waals surface area (Å²) in [6, 6.07) is 9.64. The van der Waals surface area contributed by atoms with Gasteiger partial charge in [0.15, 0.2) is 0 Å². The van der Waals surface area contributed by atoms with E-state index in [9.17, 15) is 4.79 Å². The van der Waals surface area contributed by atoms with Crippen LogP contribution < -0.4 is 4.90 Å². The Morgan fingerprint density at radius 1 is 1.36 bits per heavy atom. The maximum absolute atomic E-state index is 11.6. The highest BCUT2D eigenvalue weighted by Gasteiger charge is 2.31. The smallest absolute Gasteiger partial charge is 0.229 e. The Balaban J connectivity index is 2.28. The van der Waals surface area contributed by atoms with Gasteiger partial charge in [0.25, 0.3) is 0 Å². The summed E-state index contributed by atoms with van der Waals surface area (Å²) in [5.74, 6) is 0.142. The van der Waals surface area contributed by atoms with Crippen molar-refractivity contribution in [2.24, 2.45) is 0 Å². The van der Waals surface area contributed by atoms with Gasteiger partial charge in [-0.2, -0.15) is 0 Å². The van der Waals surface area contributed by atoms with Crippen molar-refractivity contribution < 1.29 is 9.53 Å². The van der Waals surface area contributed by atoms with Crippen molar-refractivity contribution in [3.8, 4) is 0 Å². The molecule has 0 saturated carbocycles. The van der Waals surface area contributed by atoms with Crippen LogP contribution in [0.15, 0.2) is 30.3 Å². The SMILES string of the molecule is COC1CCC(=O)N1c1ccccc1. The molecule has 1 atom stereocenters. The molecule has 1 unspecified atom stereocenters. The van der Waals surface area contributed by atoms with E-state index in [1.807, 2.05) is 30.3 Å². The summed E-state index contributed by atoms with van der Waals surface area (Å²) in [6.07, 6.45) is 1.27. The van der Waals surface area contributed by atoms with E-state index >= 15 is 0 Å². The number of methoxy groups -OCH3 is 1. The molecule has 0 N–H and O–H groups in total. The summed E-state index contributed by atoms with van der Waals surface area (Å²) in [5.41, 5.74) is 0.918. The molecule has 2 rings (SSSR count). The first-order valence-corrected chi connectivity index (χ1v) is 4.73. The summed E-state index contributed by atoms with van der Waals surface area (Å²) in [7, 11) is 1.64. The zero-order chi connectivity index (χ0) is 9.97. The van der Waals surface area contributed by atoms with Gasteiger partial charge in [0, 0.05) is 25.6 Å². The Morgan fingerprint density at radius 2 is 2.07 bits per heavy atom. The highest BCUT2D eigenvalue weighted by Crippen LogP contribution is 2.26. The Kier molecular flexibility index (Phi) is 2.50. The van der Waals surface area contributed by atoms with Gasteiger partial charge in [0.05, 0.1) is 0 Å². The van der Waals surface area contributed by atoms with Crippen molar-refractivity contribution in [3.05, 3.63) is 30.3 Å². The molecule has 1 heterocycles. The first-order valence-electron chi connectivity index (χ1n) is 4.73. The number of para-hydroxylation sites is 1. The Bertz CT molecular complexity index is 323. The molecule has 0 bridgehead atoms. The van der Waals surface area contributed by atoms with E-state index in [4.69, 9.17) is 4.74 Å². The van der Waals surface area contributed by atoms with Crippen molar-refractivity contribution in [3.63, 3.8) is 0 Å². The summed E-state index contributed by atoms with van der Waals surface area (Å²) in [5, 5.41) is 0. The Hall–Kier alpha value is -1.35. The van der Waals surface area contributed by atoms with E-state index in [0.29, 0.717) is 6.42 Å². The van der Waals surface area contributed by atoms with E-state index in [1.165, 1.54) is 0 Å². The second-order valence-electron chi connectivity index (χ2n) is 3.33. The van der Waals surface area contributed by atoms with Crippen LogP contribution in [0.4, 0.5) is 5.69 Å². The molecule has 1 aliphatic rings. The van der Waals surface area contributed by atoms with E-state index in [2.05, 4.69) is 0 Å². The maximum atomic E-state index is 11.6. The number of rotatable bonds is 2. The number of amides is 1. The molecule has 14 heavy (non-hydrogen) atoms. The van der Waals surface area contributed by atoms with Gasteiger partial charge in [0.1, 0.15) is 6.23 Å². The maximum Gasteiger partial charge on any atom is 0.229 e. The van der Waals surface area contributed by atoms with Crippen LogP contribution >= 0.6 is 0 Å². The van der Waals surface area contributed by atoms with Gasteiger partial charge >= 0.3 is 0 Å². The van der Waals surface area contributed by atoms with E-state index in [0.717, 1.165) is 12.1 Å². The lowest BCUT2D eigenvalue weighted by atomic mass is 10.3. The van der Waals surface area contributed by atoms with Crippen LogP contribution in [0.2, 0.25) is 0 Å². The van der Waals surface area contributed by atoms with Crippen LogP contribution in [0.25, 0.3) is 0 Å². The zero-order valence-electron chi connectivity index (χ0n) is 8.14. The number of hydrogen-bond donors (Lipinski definition) is 0. The summed E-state index contributed by atoms with van der Waals surface area (Å²) >= 11 is 0. The Morgan fingerprint density at radius 3 is 2.71 bits per heavy atom. The second-order valence-corrected chi connectivity index (χ2v) is 3.33. The summed E-state index contributed by atoms with van der Waals surface area (Å²) in [6.45, 7) is 0. The lowest BCUT2D eigenvalue weighted by Gasteiger charge is -2.23. The fourth-order valence-corrected chi connectivity index (χ4v) is 1.78. The third kappa shape index (κ3) is 1.51. The molecule has 1 saturated heterocycles. The van der Waals surface area contributed by atoms with Gasteiger partial charge in [0.2, 0.25) is 5.91 Å². The first-order chi connectivity index (χ1) is 6.83. The zero-order valence-corrected chi connectivity index (χ0v) is 8.14. The molecule has 0 aromatic heterocycles. The highest BCUT2D eigenvalue weighted by molar-refractivity contribution is 5.95. The van der Waals surface area contributed by atoms with Crippen LogP contribution in [-0.2, 0) is 9.53 Å². The average Bonchev–Trinajstić information content (AvgIpc) is 2.61. The van der Waals surface area contributed by atoms with Crippen molar-refractivity contribution in [2.75, 3.05) is 12.0 Å². The van der Waals surface area contributed by atoms with Crippen LogP contribution in [0.3, 0.4) is 0 Å². The molecule has 1 aromatic rings. The number of hydrogen-bond acceptors (Lipinski definition) is 2. The highest BCUT2D eigenvalue weighted by atomic mass is 16.5. The second kappa shape index (κ2) is 3.80. The van der Waals surface area contributed by atoms with Gasteiger partial charge in [-0.3, -0.25) is 9.69 Å². The van der Waals surface area contributed by atoms with Crippen LogP contribution in [0, 0.1) is 0 Å². The monoisotopic (exact) mass is 191 g/mol. The van der Waals surface area contributed by atoms with Crippen LogP contribution in [0.1, 0.15) is 12.8 Å². The standard InChI is InChI=1S/C11H13NO2/c1-14-11-8-7-10(13)12(11)9-5-3-2-4-6-9/h2-6,11H,7-8H2,1H3. The van der Waals surface area contributed by atoms with E-state index < -0.39 is 0 Å². The van der Waals surface area contributed by atoms with Crippen molar-refractivity contribution in [2.45, 2.75) is 19.1 Å². The van der Waals surface area contributed by atoms with Crippen molar-refractivity contribution >= 4 is 11.6 Å². The fourth-order valence-electron chi connectivity index (χ4n) is 1.78. The third-order valence-corrected chi connectivity index (χ3v) is 2.47. The van der Waals surface area contributed by atoms with E-state index in [-0.39, 0.29) is 12.1 Å². The van der Waals surface area contributed by atoms with Gasteiger partial charge in [-0.25, -0.2) is 0 Å². The number of nitrogens with zero attached hydrogens (tertiary/aromatic N) is 1. The lowest BCUT2D eigenvalue weighted by Crippen LogP contribution is -2.33. The third-order valence-electron chi connectivity index (χ3n) is 2.47. The predicted molar refractivity (Wildman–Crippen MR) is 54.0 cm³/mol. The minimum atomic E-state index is -0.0927. The molecule has 1 amide bonds. The normalized spacial score (nSPS) is 21.6. The molecular weight excluding hydrogens is 178 g/mol. The molecule has 1 aromatic carbocycles. The first kappa shape index (κ1) is 9.21. The molecular formula is C11H13NO2.